The lowest BCUT2D eigenvalue weighted by Crippen LogP contribution is -2.34. The highest BCUT2D eigenvalue weighted by Crippen LogP contribution is 2.30. The number of imide groups is 2. The molecule has 0 N–H and O–H groups in total. The van der Waals surface area contributed by atoms with Gasteiger partial charge in [0.1, 0.15) is 36.0 Å². The highest BCUT2D eigenvalue weighted by atomic mass is 127. The van der Waals surface area contributed by atoms with Crippen LogP contribution in [0.4, 0.5) is 28.9 Å². The van der Waals surface area contributed by atoms with Gasteiger partial charge in [0.25, 0.3) is 23.6 Å². The van der Waals surface area contributed by atoms with Gasteiger partial charge in [-0.2, -0.15) is 0 Å². The van der Waals surface area contributed by atoms with Crippen molar-refractivity contribution in [2.45, 2.75) is 12.8 Å². The number of pyridine rings is 2. The van der Waals surface area contributed by atoms with E-state index in [9.17, 15) is 36.7 Å². The third-order valence-electron chi connectivity index (χ3n) is 8.81. The number of hydrogen-bond acceptors (Lipinski definition) is 5. The van der Waals surface area contributed by atoms with E-state index in [4.69, 9.17) is 0 Å². The van der Waals surface area contributed by atoms with Crippen molar-refractivity contribution in [3.63, 3.8) is 0 Å². The SMILES string of the molecule is CI.C[n+]1cc(Cc2c(F)cccc2F)cc(N2C(=O)c3ccccc3C2=O)c1.O=C1c2ccccc2C(=O)N1c1cncc(Cc2c(F)cccc2F)c1. The van der Waals surface area contributed by atoms with Crippen LogP contribution in [0.15, 0.2) is 122 Å². The Hall–Kier alpha value is -6.09. The summed E-state index contributed by atoms with van der Waals surface area (Å²) in [7, 11) is 1.73. The summed E-state index contributed by atoms with van der Waals surface area (Å²) >= 11 is 2.15. The number of rotatable bonds is 6. The van der Waals surface area contributed by atoms with Gasteiger partial charge in [-0.1, -0.05) is 59.0 Å². The molecule has 8 nitrogen and oxygen atoms in total. The van der Waals surface area contributed by atoms with E-state index < -0.39 is 46.9 Å². The minimum absolute atomic E-state index is 0.00333. The number of halogens is 5. The van der Waals surface area contributed by atoms with Crippen LogP contribution in [-0.2, 0) is 19.9 Å². The number of carbonyl (C=O) groups is 4. The molecule has 8 rings (SSSR count). The molecule has 0 fully saturated rings. The molecule has 0 spiro atoms. The maximum atomic E-state index is 14.0. The van der Waals surface area contributed by atoms with Crippen LogP contribution in [-0.4, -0.2) is 33.5 Å². The predicted octanol–water partition coefficient (Wildman–Crippen LogP) is 7.98. The minimum atomic E-state index is -0.656. The molecular weight excluding hydrogens is 827 g/mol. The Morgan fingerprint density at radius 2 is 0.909 bits per heavy atom. The summed E-state index contributed by atoms with van der Waals surface area (Å²) in [5, 5.41) is 0. The average molecular weight is 858 g/mol. The maximum Gasteiger partial charge on any atom is 0.266 e. The summed E-state index contributed by atoms with van der Waals surface area (Å²) in [5.74, 6) is -4.29. The lowest BCUT2D eigenvalue weighted by Gasteiger charge is -2.14. The Bertz CT molecular complexity index is 2380. The van der Waals surface area contributed by atoms with E-state index in [1.165, 1.54) is 48.8 Å². The molecule has 276 valence electrons. The summed E-state index contributed by atoms with van der Waals surface area (Å²) in [6.45, 7) is 0. The number of carbonyl (C=O) groups excluding carboxylic acids is 4. The van der Waals surface area contributed by atoms with E-state index in [0.29, 0.717) is 39.1 Å². The van der Waals surface area contributed by atoms with Gasteiger partial charge in [0.05, 0.1) is 34.1 Å². The van der Waals surface area contributed by atoms with Crippen LogP contribution in [0.25, 0.3) is 0 Å². The number of amides is 4. The highest BCUT2D eigenvalue weighted by Gasteiger charge is 2.38. The molecule has 0 aliphatic carbocycles. The molecule has 4 heterocycles. The molecule has 0 atom stereocenters. The number of anilines is 2. The van der Waals surface area contributed by atoms with Gasteiger partial charge in [0.15, 0.2) is 12.4 Å². The van der Waals surface area contributed by atoms with Crippen molar-refractivity contribution in [1.82, 2.24) is 4.98 Å². The van der Waals surface area contributed by atoms with E-state index >= 15 is 0 Å². The van der Waals surface area contributed by atoms with Crippen LogP contribution in [0.2, 0.25) is 0 Å². The van der Waals surface area contributed by atoms with Gasteiger partial charge < -0.3 is 0 Å². The first kappa shape index (κ1) is 38.6. The number of nitrogens with zero attached hydrogens (tertiary/aromatic N) is 4. The van der Waals surface area contributed by atoms with Crippen LogP contribution >= 0.6 is 22.6 Å². The van der Waals surface area contributed by atoms with Gasteiger partial charge in [-0.05, 0) is 71.2 Å². The smallest absolute Gasteiger partial charge is 0.266 e. The second kappa shape index (κ2) is 16.5. The first-order valence-corrected chi connectivity index (χ1v) is 18.8. The first-order chi connectivity index (χ1) is 26.5. The van der Waals surface area contributed by atoms with Gasteiger partial charge in [-0.15, -0.1) is 0 Å². The Morgan fingerprint density at radius 1 is 0.527 bits per heavy atom. The van der Waals surface area contributed by atoms with Crippen molar-refractivity contribution in [3.8, 4) is 0 Å². The zero-order chi connectivity index (χ0) is 39.4. The van der Waals surface area contributed by atoms with Crippen LogP contribution in [0, 0.1) is 23.3 Å². The number of aryl methyl sites for hydroxylation is 1. The summed E-state index contributed by atoms with van der Waals surface area (Å²) in [6.07, 6.45) is 6.12. The Kier molecular flexibility index (Phi) is 11.6. The second-order valence-electron chi connectivity index (χ2n) is 12.4. The van der Waals surface area contributed by atoms with E-state index in [-0.39, 0.29) is 29.7 Å². The van der Waals surface area contributed by atoms with E-state index in [1.54, 1.807) is 84.7 Å². The second-order valence-corrected chi connectivity index (χ2v) is 12.4. The van der Waals surface area contributed by atoms with Crippen molar-refractivity contribution < 1.29 is 41.3 Å². The van der Waals surface area contributed by atoms with Gasteiger partial charge in [-0.25, -0.2) is 31.9 Å². The van der Waals surface area contributed by atoms with Gasteiger partial charge in [-0.3, -0.25) is 24.2 Å². The lowest BCUT2D eigenvalue weighted by atomic mass is 10.0. The number of benzene rings is 4. The number of fused-ring (bicyclic) bond motifs is 2. The molecular formula is C42H30F4IN4O4+. The van der Waals surface area contributed by atoms with E-state index in [0.717, 1.165) is 9.80 Å². The summed E-state index contributed by atoms with van der Waals surface area (Å²) in [4.78, 5) is 58.5. The average Bonchev–Trinajstić information content (AvgIpc) is 3.59. The first-order valence-electron chi connectivity index (χ1n) is 16.6. The highest BCUT2D eigenvalue weighted by molar-refractivity contribution is 14.1. The van der Waals surface area contributed by atoms with Crippen LogP contribution in [0.1, 0.15) is 63.7 Å². The molecule has 0 saturated heterocycles. The van der Waals surface area contributed by atoms with E-state index in [1.807, 2.05) is 4.93 Å². The molecule has 13 heteroatoms. The van der Waals surface area contributed by atoms with Crippen LogP contribution in [0.3, 0.4) is 0 Å². The molecule has 55 heavy (non-hydrogen) atoms. The lowest BCUT2D eigenvalue weighted by molar-refractivity contribution is -0.671. The molecule has 0 unspecified atom stereocenters. The van der Waals surface area contributed by atoms with E-state index in [2.05, 4.69) is 27.6 Å². The quantitative estimate of drug-likeness (QED) is 0.0558. The number of alkyl halides is 1. The standard InChI is InChI=1S/C21H15F2N2O2.C20H12F2N2O2.CH3I/c1-24-11-13(10-17-18(22)7-4-8-19(17)23)9-14(12-24)25-20(26)15-5-2-3-6-16(15)21(25)27;21-17-6-3-7-18(22)16(17)9-12-8-13(11-23-10-12)24-19(25)14-4-1-2-5-15(14)20(24)26;1-2/h2-9,11-12H,10H2,1H3;1-8,10-11H,9H2;1H3/q+1;;. The Morgan fingerprint density at radius 3 is 1.35 bits per heavy atom. The molecule has 2 aliphatic rings. The maximum absolute atomic E-state index is 14.0. The van der Waals surface area contributed by atoms with Crippen molar-refractivity contribution in [3.05, 3.63) is 190 Å². The predicted molar refractivity (Wildman–Crippen MR) is 205 cm³/mol. The normalized spacial score (nSPS) is 12.9. The summed E-state index contributed by atoms with van der Waals surface area (Å²) < 4.78 is 57.3. The molecule has 2 aliphatic heterocycles. The third-order valence-corrected chi connectivity index (χ3v) is 8.81. The Labute approximate surface area is 326 Å². The molecule has 2 aromatic heterocycles. The zero-order valence-electron chi connectivity index (χ0n) is 29.3. The molecule has 0 saturated carbocycles. The number of hydrogen-bond donors (Lipinski definition) is 0. The fourth-order valence-corrected chi connectivity index (χ4v) is 6.34. The van der Waals surface area contributed by atoms with Crippen LogP contribution < -0.4 is 14.4 Å². The van der Waals surface area contributed by atoms with Gasteiger partial charge >= 0.3 is 0 Å². The van der Waals surface area contributed by atoms with Crippen molar-refractivity contribution >= 4 is 57.6 Å². The summed E-state index contributed by atoms with van der Waals surface area (Å²) in [5.41, 5.74) is 2.88. The van der Waals surface area contributed by atoms with Crippen LogP contribution in [0.5, 0.6) is 0 Å². The molecule has 6 aromatic rings. The molecule has 0 bridgehead atoms. The fourth-order valence-electron chi connectivity index (χ4n) is 6.34. The topological polar surface area (TPSA) is 91.5 Å². The van der Waals surface area contributed by atoms with Crippen molar-refractivity contribution in [2.24, 2.45) is 7.05 Å². The summed E-state index contributed by atoms with van der Waals surface area (Å²) in [6, 6.07) is 23.7. The molecule has 4 aromatic carbocycles. The third kappa shape index (κ3) is 7.78. The fraction of sp³-hybridized carbons (Fsp3) is 0.0952. The van der Waals surface area contributed by atoms with Crippen molar-refractivity contribution in [1.29, 1.82) is 0 Å². The van der Waals surface area contributed by atoms with Gasteiger partial charge in [0, 0.05) is 35.7 Å². The van der Waals surface area contributed by atoms with Crippen molar-refractivity contribution in [2.75, 3.05) is 14.7 Å². The molecule has 4 amide bonds. The Balaban J connectivity index is 0.000000179. The largest absolute Gasteiger partial charge is 0.268 e. The zero-order valence-corrected chi connectivity index (χ0v) is 31.4. The minimum Gasteiger partial charge on any atom is -0.268 e. The molecule has 0 radical (unpaired) electrons. The monoisotopic (exact) mass is 857 g/mol. The number of aromatic nitrogens is 2. The van der Waals surface area contributed by atoms with Gasteiger partial charge in [0.2, 0.25) is 0 Å².